The highest BCUT2D eigenvalue weighted by Crippen LogP contribution is 2.20. The molecule has 0 aliphatic carbocycles. The van der Waals surface area contributed by atoms with E-state index in [9.17, 15) is 0 Å². The van der Waals surface area contributed by atoms with Crippen molar-refractivity contribution in [2.24, 2.45) is 5.16 Å². The van der Waals surface area contributed by atoms with Crippen LogP contribution in [0.2, 0.25) is 0 Å². The minimum absolute atomic E-state index is 0.700. The van der Waals surface area contributed by atoms with Crippen LogP contribution in [0.5, 0.6) is 5.75 Å². The second-order valence-electron chi connectivity index (χ2n) is 5.15. The molecule has 2 aromatic carbocycles. The van der Waals surface area contributed by atoms with E-state index in [-0.39, 0.29) is 0 Å². The van der Waals surface area contributed by atoms with Gasteiger partial charge in [0.25, 0.3) is 0 Å². The minimum atomic E-state index is 0.700. The van der Waals surface area contributed by atoms with E-state index in [1.807, 2.05) is 91.9 Å². The van der Waals surface area contributed by atoms with Gasteiger partial charge in [-0.05, 0) is 25.1 Å². The van der Waals surface area contributed by atoms with E-state index in [1.165, 1.54) is 0 Å². The molecule has 0 fully saturated rings. The molecule has 3 rings (SSSR count). The number of para-hydroxylation sites is 1. The molecule has 0 radical (unpaired) electrons. The average Bonchev–Trinajstić information content (AvgIpc) is 2.65. The molecule has 0 bridgehead atoms. The first kappa shape index (κ1) is 15.7. The van der Waals surface area contributed by atoms with Gasteiger partial charge in [-0.1, -0.05) is 71.9 Å². The number of nitrogens with zero attached hydrogens (tertiary/aromatic N) is 2. The van der Waals surface area contributed by atoms with E-state index >= 15 is 0 Å². The number of rotatable bonds is 5. The molecule has 0 atom stereocenters. The van der Waals surface area contributed by atoms with Crippen molar-refractivity contribution in [3.8, 4) is 5.75 Å². The molecule has 3 aromatic rings. The SMILES string of the molecule is CC=Cc1ccccc1ON=C(c1ccccc1)c1ccccn1. The van der Waals surface area contributed by atoms with Crippen LogP contribution in [0, 0.1) is 0 Å². The van der Waals surface area contributed by atoms with Gasteiger partial charge in [0.15, 0.2) is 5.75 Å². The van der Waals surface area contributed by atoms with Gasteiger partial charge in [0.1, 0.15) is 5.71 Å². The predicted octanol–water partition coefficient (Wildman–Crippen LogP) is 4.95. The van der Waals surface area contributed by atoms with E-state index in [0.717, 1.165) is 16.8 Å². The number of hydrogen-bond acceptors (Lipinski definition) is 3. The zero-order valence-corrected chi connectivity index (χ0v) is 13.5. The van der Waals surface area contributed by atoms with Crippen LogP contribution in [0.3, 0.4) is 0 Å². The van der Waals surface area contributed by atoms with Gasteiger partial charge in [-0.3, -0.25) is 4.98 Å². The summed E-state index contributed by atoms with van der Waals surface area (Å²) >= 11 is 0. The Bertz CT molecular complexity index is 798. The number of allylic oxidation sites excluding steroid dienone is 1. The van der Waals surface area contributed by atoms with Gasteiger partial charge in [-0.2, -0.15) is 0 Å². The Morgan fingerprint density at radius 2 is 1.67 bits per heavy atom. The van der Waals surface area contributed by atoms with E-state index in [2.05, 4.69) is 10.1 Å². The van der Waals surface area contributed by atoms with Crippen molar-refractivity contribution in [2.45, 2.75) is 6.92 Å². The smallest absolute Gasteiger partial charge is 0.165 e. The number of hydrogen-bond donors (Lipinski definition) is 0. The molecule has 3 heteroatoms. The topological polar surface area (TPSA) is 34.5 Å². The summed E-state index contributed by atoms with van der Waals surface area (Å²) in [5.74, 6) is 0.708. The lowest BCUT2D eigenvalue weighted by Crippen LogP contribution is -2.07. The largest absolute Gasteiger partial charge is 0.356 e. The van der Waals surface area contributed by atoms with E-state index < -0.39 is 0 Å². The van der Waals surface area contributed by atoms with Gasteiger partial charge in [-0.15, -0.1) is 0 Å². The first-order chi connectivity index (χ1) is 11.9. The summed E-state index contributed by atoms with van der Waals surface area (Å²) in [5, 5.41) is 4.40. The van der Waals surface area contributed by atoms with Gasteiger partial charge in [0.2, 0.25) is 0 Å². The third-order valence-electron chi connectivity index (χ3n) is 3.46. The molecule has 0 aliphatic rings. The third kappa shape index (κ3) is 3.76. The Morgan fingerprint density at radius 3 is 2.42 bits per heavy atom. The monoisotopic (exact) mass is 314 g/mol. The highest BCUT2D eigenvalue weighted by atomic mass is 16.6. The second-order valence-corrected chi connectivity index (χ2v) is 5.15. The molecule has 1 aromatic heterocycles. The van der Waals surface area contributed by atoms with Gasteiger partial charge < -0.3 is 4.84 Å². The van der Waals surface area contributed by atoms with E-state index in [4.69, 9.17) is 4.84 Å². The maximum atomic E-state index is 5.76. The molecule has 0 amide bonds. The van der Waals surface area contributed by atoms with Crippen molar-refractivity contribution in [1.82, 2.24) is 4.98 Å². The van der Waals surface area contributed by atoms with Gasteiger partial charge >= 0.3 is 0 Å². The quantitative estimate of drug-likeness (QED) is 0.493. The number of oxime groups is 1. The Labute approximate surface area is 141 Å². The fraction of sp³-hybridized carbons (Fsp3) is 0.0476. The van der Waals surface area contributed by atoms with E-state index in [0.29, 0.717) is 11.5 Å². The number of aromatic nitrogens is 1. The maximum absolute atomic E-state index is 5.76. The first-order valence-corrected chi connectivity index (χ1v) is 7.82. The van der Waals surface area contributed by atoms with Crippen LogP contribution >= 0.6 is 0 Å². The zero-order chi connectivity index (χ0) is 16.6. The molecular weight excluding hydrogens is 296 g/mol. The lowest BCUT2D eigenvalue weighted by Gasteiger charge is -2.08. The van der Waals surface area contributed by atoms with Crippen LogP contribution in [0.25, 0.3) is 6.08 Å². The van der Waals surface area contributed by atoms with Gasteiger partial charge in [0.05, 0.1) is 5.69 Å². The van der Waals surface area contributed by atoms with Crippen LogP contribution in [0.4, 0.5) is 0 Å². The van der Waals surface area contributed by atoms with Crippen LogP contribution in [-0.4, -0.2) is 10.7 Å². The molecule has 0 saturated carbocycles. The molecule has 0 spiro atoms. The Hall–Kier alpha value is -3.20. The summed E-state index contributed by atoms with van der Waals surface area (Å²) in [7, 11) is 0. The standard InChI is InChI=1S/C21H18N2O/c1-2-10-17-11-6-7-15-20(17)24-23-21(18-12-4-3-5-13-18)19-14-8-9-16-22-19/h2-16H,1H3. The molecule has 1 heterocycles. The maximum Gasteiger partial charge on any atom is 0.165 e. The van der Waals surface area contributed by atoms with Crippen molar-refractivity contribution in [1.29, 1.82) is 0 Å². The highest BCUT2D eigenvalue weighted by Gasteiger charge is 2.09. The summed E-state index contributed by atoms with van der Waals surface area (Å²) in [4.78, 5) is 10.2. The normalized spacial score (nSPS) is 11.6. The molecule has 0 unspecified atom stereocenters. The average molecular weight is 314 g/mol. The Kier molecular flexibility index (Phi) is 5.15. The van der Waals surface area contributed by atoms with E-state index in [1.54, 1.807) is 6.20 Å². The molecular formula is C21H18N2O. The van der Waals surface area contributed by atoms with Crippen LogP contribution in [0.15, 0.2) is 90.2 Å². The van der Waals surface area contributed by atoms with Crippen molar-refractivity contribution < 1.29 is 4.84 Å². The number of benzene rings is 2. The van der Waals surface area contributed by atoms with Crippen LogP contribution < -0.4 is 4.84 Å². The summed E-state index contributed by atoms with van der Waals surface area (Å²) in [6, 6.07) is 23.5. The lowest BCUT2D eigenvalue weighted by atomic mass is 10.1. The summed E-state index contributed by atoms with van der Waals surface area (Å²) in [6.07, 6.45) is 5.72. The predicted molar refractivity (Wildman–Crippen MR) is 98.1 cm³/mol. The first-order valence-electron chi connectivity index (χ1n) is 7.82. The fourth-order valence-electron chi connectivity index (χ4n) is 2.32. The van der Waals surface area contributed by atoms with Crippen molar-refractivity contribution in [3.63, 3.8) is 0 Å². The molecule has 0 saturated heterocycles. The summed E-state index contributed by atoms with van der Waals surface area (Å²) < 4.78 is 0. The molecule has 0 aliphatic heterocycles. The Balaban J connectivity index is 1.99. The van der Waals surface area contributed by atoms with Crippen molar-refractivity contribution in [3.05, 3.63) is 102 Å². The Morgan fingerprint density at radius 1 is 0.917 bits per heavy atom. The summed E-state index contributed by atoms with van der Waals surface area (Å²) in [5.41, 5.74) is 3.41. The fourth-order valence-corrected chi connectivity index (χ4v) is 2.32. The van der Waals surface area contributed by atoms with Crippen molar-refractivity contribution >= 4 is 11.8 Å². The highest BCUT2D eigenvalue weighted by molar-refractivity contribution is 6.11. The molecule has 24 heavy (non-hydrogen) atoms. The van der Waals surface area contributed by atoms with Gasteiger partial charge in [-0.25, -0.2) is 0 Å². The lowest BCUT2D eigenvalue weighted by molar-refractivity contribution is 0.341. The molecule has 118 valence electrons. The zero-order valence-electron chi connectivity index (χ0n) is 13.5. The summed E-state index contributed by atoms with van der Waals surface area (Å²) in [6.45, 7) is 1.98. The molecule has 3 nitrogen and oxygen atoms in total. The van der Waals surface area contributed by atoms with Crippen molar-refractivity contribution in [2.75, 3.05) is 0 Å². The van der Waals surface area contributed by atoms with Crippen LogP contribution in [-0.2, 0) is 0 Å². The number of pyridine rings is 1. The van der Waals surface area contributed by atoms with Gasteiger partial charge in [0, 0.05) is 17.3 Å². The minimum Gasteiger partial charge on any atom is -0.356 e. The van der Waals surface area contributed by atoms with Crippen LogP contribution in [0.1, 0.15) is 23.7 Å². The second kappa shape index (κ2) is 7.88. The molecule has 0 N–H and O–H groups in total. The third-order valence-corrected chi connectivity index (χ3v) is 3.46.